The van der Waals surface area contributed by atoms with Gasteiger partial charge in [-0.1, -0.05) is 19.4 Å². The Bertz CT molecular complexity index is 494. The van der Waals surface area contributed by atoms with E-state index in [1.807, 2.05) is 18.0 Å². The number of nitrogens with zero attached hydrogens (tertiary/aromatic N) is 1. The van der Waals surface area contributed by atoms with Crippen LogP contribution in [0.1, 0.15) is 49.4 Å². The van der Waals surface area contributed by atoms with Crippen molar-refractivity contribution >= 4 is 11.6 Å². The van der Waals surface area contributed by atoms with Gasteiger partial charge in [-0.05, 0) is 43.7 Å². The Kier molecular flexibility index (Phi) is 5.10. The Morgan fingerprint density at radius 1 is 1.33 bits per heavy atom. The first-order chi connectivity index (χ1) is 10.1. The third kappa shape index (κ3) is 3.31. The molecular weight excluding hydrogens is 264 g/mol. The van der Waals surface area contributed by atoms with Crippen LogP contribution >= 0.6 is 0 Å². The molecular formula is C17H26N2O2. The van der Waals surface area contributed by atoms with Crippen molar-refractivity contribution in [3.8, 4) is 5.75 Å². The molecule has 4 nitrogen and oxygen atoms in total. The van der Waals surface area contributed by atoms with Gasteiger partial charge < -0.3 is 15.4 Å². The lowest BCUT2D eigenvalue weighted by molar-refractivity contribution is 0.0675. The van der Waals surface area contributed by atoms with Crippen LogP contribution in [0.3, 0.4) is 0 Å². The van der Waals surface area contributed by atoms with E-state index in [1.165, 1.54) is 19.3 Å². The summed E-state index contributed by atoms with van der Waals surface area (Å²) in [6, 6.07) is 5.68. The van der Waals surface area contributed by atoms with E-state index in [-0.39, 0.29) is 5.91 Å². The molecule has 1 amide bonds. The van der Waals surface area contributed by atoms with Crippen molar-refractivity contribution in [1.82, 2.24) is 4.90 Å². The minimum Gasteiger partial charge on any atom is -0.495 e. The Morgan fingerprint density at radius 2 is 2.00 bits per heavy atom. The molecule has 0 atom stereocenters. The van der Waals surface area contributed by atoms with E-state index in [9.17, 15) is 4.79 Å². The van der Waals surface area contributed by atoms with Crippen LogP contribution < -0.4 is 10.5 Å². The van der Waals surface area contributed by atoms with Gasteiger partial charge in [-0.3, -0.25) is 4.79 Å². The number of benzene rings is 1. The summed E-state index contributed by atoms with van der Waals surface area (Å²) in [5, 5.41) is 0. The maximum Gasteiger partial charge on any atom is 0.256 e. The van der Waals surface area contributed by atoms with Gasteiger partial charge in [0.2, 0.25) is 0 Å². The summed E-state index contributed by atoms with van der Waals surface area (Å²) >= 11 is 0. The maximum absolute atomic E-state index is 12.7. The number of amides is 1. The fourth-order valence-corrected chi connectivity index (χ4v) is 3.20. The van der Waals surface area contributed by atoms with Gasteiger partial charge in [0.25, 0.3) is 5.91 Å². The second kappa shape index (κ2) is 6.83. The zero-order chi connectivity index (χ0) is 15.4. The SMILES string of the molecule is CCC1CCC(N(C)C(=O)c2cccc(OC)c2N)CC1. The maximum atomic E-state index is 12.7. The molecule has 1 saturated carbocycles. The summed E-state index contributed by atoms with van der Waals surface area (Å²) < 4.78 is 5.19. The molecule has 0 saturated heterocycles. The highest BCUT2D eigenvalue weighted by molar-refractivity contribution is 6.00. The number of carbonyl (C=O) groups is 1. The number of hydrogen-bond donors (Lipinski definition) is 1. The van der Waals surface area contributed by atoms with Gasteiger partial charge in [0.05, 0.1) is 18.4 Å². The van der Waals surface area contributed by atoms with Crippen LogP contribution in [0.5, 0.6) is 5.75 Å². The predicted octanol–water partition coefficient (Wildman–Crippen LogP) is 3.32. The van der Waals surface area contributed by atoms with E-state index >= 15 is 0 Å². The molecule has 1 aliphatic carbocycles. The molecule has 1 aromatic rings. The summed E-state index contributed by atoms with van der Waals surface area (Å²) in [5.41, 5.74) is 7.00. The number of anilines is 1. The number of nitrogen functional groups attached to an aromatic ring is 1. The van der Waals surface area contributed by atoms with Gasteiger partial charge in [-0.15, -0.1) is 0 Å². The highest BCUT2D eigenvalue weighted by Crippen LogP contribution is 2.31. The lowest BCUT2D eigenvalue weighted by Crippen LogP contribution is -2.39. The molecule has 0 radical (unpaired) electrons. The van der Waals surface area contributed by atoms with Crippen molar-refractivity contribution < 1.29 is 9.53 Å². The highest BCUT2D eigenvalue weighted by atomic mass is 16.5. The van der Waals surface area contributed by atoms with Gasteiger partial charge >= 0.3 is 0 Å². The van der Waals surface area contributed by atoms with E-state index in [0.717, 1.165) is 18.8 Å². The zero-order valence-electron chi connectivity index (χ0n) is 13.3. The van der Waals surface area contributed by atoms with Crippen molar-refractivity contribution in [2.45, 2.75) is 45.1 Å². The Balaban J connectivity index is 2.09. The summed E-state index contributed by atoms with van der Waals surface area (Å²) in [6.07, 6.45) is 5.85. The number of carbonyl (C=O) groups excluding carboxylic acids is 1. The van der Waals surface area contributed by atoms with Gasteiger partial charge in [-0.2, -0.15) is 0 Å². The molecule has 116 valence electrons. The van der Waals surface area contributed by atoms with E-state index < -0.39 is 0 Å². The van der Waals surface area contributed by atoms with Crippen LogP contribution in [0.25, 0.3) is 0 Å². The van der Waals surface area contributed by atoms with Gasteiger partial charge in [0.1, 0.15) is 5.75 Å². The van der Waals surface area contributed by atoms with Crippen molar-refractivity contribution in [3.63, 3.8) is 0 Å². The third-order valence-corrected chi connectivity index (χ3v) is 4.78. The fourth-order valence-electron chi connectivity index (χ4n) is 3.20. The average Bonchev–Trinajstić information content (AvgIpc) is 2.54. The molecule has 0 heterocycles. The van der Waals surface area contributed by atoms with Crippen LogP contribution in [0, 0.1) is 5.92 Å². The van der Waals surface area contributed by atoms with Crippen molar-refractivity contribution in [2.24, 2.45) is 5.92 Å². The molecule has 4 heteroatoms. The quantitative estimate of drug-likeness (QED) is 0.865. The first-order valence-corrected chi connectivity index (χ1v) is 7.78. The lowest BCUT2D eigenvalue weighted by atomic mass is 9.84. The van der Waals surface area contributed by atoms with Crippen LogP contribution in [0.2, 0.25) is 0 Å². The van der Waals surface area contributed by atoms with Crippen molar-refractivity contribution in [2.75, 3.05) is 19.9 Å². The molecule has 0 aromatic heterocycles. The normalized spacial score (nSPS) is 21.9. The number of nitrogens with two attached hydrogens (primary N) is 1. The molecule has 0 spiro atoms. The zero-order valence-corrected chi connectivity index (χ0v) is 13.3. The lowest BCUT2D eigenvalue weighted by Gasteiger charge is -2.34. The van der Waals surface area contributed by atoms with E-state index in [0.29, 0.717) is 23.0 Å². The molecule has 0 unspecified atom stereocenters. The van der Waals surface area contributed by atoms with Gasteiger partial charge in [0, 0.05) is 13.1 Å². The van der Waals surface area contributed by atoms with Crippen LogP contribution in [-0.4, -0.2) is 31.0 Å². The van der Waals surface area contributed by atoms with E-state index in [2.05, 4.69) is 6.92 Å². The molecule has 1 aromatic carbocycles. The fraction of sp³-hybridized carbons (Fsp3) is 0.588. The Labute approximate surface area is 127 Å². The topological polar surface area (TPSA) is 55.6 Å². The second-order valence-electron chi connectivity index (χ2n) is 5.92. The average molecular weight is 290 g/mol. The molecule has 1 fully saturated rings. The number of hydrogen-bond acceptors (Lipinski definition) is 3. The first-order valence-electron chi connectivity index (χ1n) is 7.78. The van der Waals surface area contributed by atoms with Crippen LogP contribution in [-0.2, 0) is 0 Å². The molecule has 21 heavy (non-hydrogen) atoms. The molecule has 2 rings (SSSR count). The standard InChI is InChI=1S/C17H26N2O2/c1-4-12-8-10-13(11-9-12)19(2)17(20)14-6-5-7-15(21-3)16(14)18/h5-7,12-13H,4,8-11,18H2,1-3H3. The largest absolute Gasteiger partial charge is 0.495 e. The Hall–Kier alpha value is -1.71. The number of ether oxygens (including phenoxy) is 1. The molecule has 2 N–H and O–H groups in total. The summed E-state index contributed by atoms with van der Waals surface area (Å²) in [5.74, 6) is 1.38. The number of para-hydroxylation sites is 1. The Morgan fingerprint density at radius 3 is 2.57 bits per heavy atom. The van der Waals surface area contributed by atoms with Gasteiger partial charge in [-0.25, -0.2) is 0 Å². The summed E-state index contributed by atoms with van der Waals surface area (Å²) in [4.78, 5) is 14.5. The number of methoxy groups -OCH3 is 1. The smallest absolute Gasteiger partial charge is 0.256 e. The van der Waals surface area contributed by atoms with E-state index in [4.69, 9.17) is 10.5 Å². The minimum absolute atomic E-state index is 0.00801. The van der Waals surface area contributed by atoms with Crippen molar-refractivity contribution in [3.05, 3.63) is 23.8 Å². The van der Waals surface area contributed by atoms with E-state index in [1.54, 1.807) is 19.2 Å². The van der Waals surface area contributed by atoms with Crippen LogP contribution in [0.15, 0.2) is 18.2 Å². The summed E-state index contributed by atoms with van der Waals surface area (Å²) in [6.45, 7) is 2.25. The summed E-state index contributed by atoms with van der Waals surface area (Å²) in [7, 11) is 3.45. The highest BCUT2D eigenvalue weighted by Gasteiger charge is 2.27. The van der Waals surface area contributed by atoms with Gasteiger partial charge in [0.15, 0.2) is 0 Å². The second-order valence-corrected chi connectivity index (χ2v) is 5.92. The molecule has 1 aliphatic rings. The molecule has 0 aliphatic heterocycles. The predicted molar refractivity (Wildman–Crippen MR) is 85.5 cm³/mol. The minimum atomic E-state index is -0.00801. The first kappa shape index (κ1) is 15.7. The molecule has 0 bridgehead atoms. The van der Waals surface area contributed by atoms with Crippen LogP contribution in [0.4, 0.5) is 5.69 Å². The monoisotopic (exact) mass is 290 g/mol. The third-order valence-electron chi connectivity index (χ3n) is 4.78. The van der Waals surface area contributed by atoms with Crippen molar-refractivity contribution in [1.29, 1.82) is 0 Å². The number of rotatable bonds is 4.